The van der Waals surface area contributed by atoms with E-state index in [-0.39, 0.29) is 5.91 Å². The Morgan fingerprint density at radius 3 is 2.96 bits per heavy atom. The smallest absolute Gasteiger partial charge is 0.257 e. The Hall–Kier alpha value is -2.54. The van der Waals surface area contributed by atoms with Crippen molar-refractivity contribution in [2.75, 3.05) is 5.32 Å². The van der Waals surface area contributed by atoms with Crippen molar-refractivity contribution < 1.29 is 4.79 Å². The van der Waals surface area contributed by atoms with Crippen LogP contribution in [0.15, 0.2) is 35.5 Å². The highest BCUT2D eigenvalue weighted by Gasteiger charge is 2.18. The van der Waals surface area contributed by atoms with Crippen molar-refractivity contribution in [2.24, 2.45) is 4.99 Å². The van der Waals surface area contributed by atoms with Crippen LogP contribution < -0.4 is 5.32 Å². The van der Waals surface area contributed by atoms with Crippen LogP contribution in [0, 0.1) is 13.8 Å². The minimum absolute atomic E-state index is 0.159. The first-order valence-corrected chi connectivity index (χ1v) is 8.29. The largest absolute Gasteiger partial charge is 0.322 e. The Morgan fingerprint density at radius 2 is 2.12 bits per heavy atom. The van der Waals surface area contributed by atoms with Crippen molar-refractivity contribution in [2.45, 2.75) is 20.4 Å². The van der Waals surface area contributed by atoms with Crippen LogP contribution in [-0.2, 0) is 6.54 Å². The Kier molecular flexibility index (Phi) is 3.45. The van der Waals surface area contributed by atoms with E-state index in [1.807, 2.05) is 38.1 Å². The van der Waals surface area contributed by atoms with Gasteiger partial charge in [-0.2, -0.15) is 0 Å². The standard InChI is InChI=1S/C17H14BrN5O/c1-9-5-13-8-20-22-23(13)10(2)15(9)17(24)21-12-4-3-11-7-19-16(18)14(11)6-12/h3-6,8H,7H2,1-2H3,(H,21,24). The number of nitrogens with one attached hydrogen (secondary N) is 1. The van der Waals surface area contributed by atoms with Gasteiger partial charge >= 0.3 is 0 Å². The molecule has 24 heavy (non-hydrogen) atoms. The quantitative estimate of drug-likeness (QED) is 0.737. The molecule has 0 atom stereocenters. The van der Waals surface area contributed by atoms with Crippen molar-refractivity contribution >= 4 is 37.7 Å². The third-order valence-electron chi connectivity index (χ3n) is 4.22. The van der Waals surface area contributed by atoms with Crippen LogP contribution in [-0.4, -0.2) is 25.4 Å². The van der Waals surface area contributed by atoms with Gasteiger partial charge < -0.3 is 5.32 Å². The van der Waals surface area contributed by atoms with E-state index in [1.54, 1.807) is 10.7 Å². The van der Waals surface area contributed by atoms with Crippen molar-refractivity contribution in [3.8, 4) is 0 Å². The molecule has 1 aliphatic rings. The molecular formula is C17H14BrN5O. The third kappa shape index (κ3) is 2.32. The Balaban J connectivity index is 1.70. The number of benzene rings is 1. The van der Waals surface area contributed by atoms with Crippen molar-refractivity contribution in [3.05, 3.63) is 58.4 Å². The maximum Gasteiger partial charge on any atom is 0.257 e. The Labute approximate surface area is 146 Å². The lowest BCUT2D eigenvalue weighted by molar-refractivity contribution is 0.102. The van der Waals surface area contributed by atoms with Crippen molar-refractivity contribution in [1.82, 2.24) is 14.8 Å². The number of nitrogens with zero attached hydrogens (tertiary/aromatic N) is 4. The van der Waals surface area contributed by atoms with Crippen LogP contribution in [0.1, 0.15) is 32.7 Å². The summed E-state index contributed by atoms with van der Waals surface area (Å²) in [5.74, 6) is -0.159. The second-order valence-corrected chi connectivity index (χ2v) is 6.54. The summed E-state index contributed by atoms with van der Waals surface area (Å²) in [4.78, 5) is 17.1. The minimum Gasteiger partial charge on any atom is -0.322 e. The number of aliphatic imine (C=N–C) groups is 1. The van der Waals surface area contributed by atoms with Crippen LogP contribution in [0.4, 0.5) is 5.69 Å². The monoisotopic (exact) mass is 383 g/mol. The molecule has 4 rings (SSSR count). The number of carbonyl (C=O) groups excluding carboxylic acids is 1. The molecule has 6 nitrogen and oxygen atoms in total. The fourth-order valence-electron chi connectivity index (χ4n) is 3.05. The molecule has 0 fully saturated rings. The number of fused-ring (bicyclic) bond motifs is 2. The van der Waals surface area contributed by atoms with Gasteiger partial charge in [-0.3, -0.25) is 9.79 Å². The zero-order valence-corrected chi connectivity index (χ0v) is 14.8. The van der Waals surface area contributed by atoms with Gasteiger partial charge in [0.25, 0.3) is 5.91 Å². The Bertz CT molecular complexity index is 1020. The number of amides is 1. The lowest BCUT2D eigenvalue weighted by Crippen LogP contribution is -2.17. The fourth-order valence-corrected chi connectivity index (χ4v) is 3.54. The zero-order valence-electron chi connectivity index (χ0n) is 13.2. The summed E-state index contributed by atoms with van der Waals surface area (Å²) in [5.41, 5.74) is 6.06. The van der Waals surface area contributed by atoms with E-state index < -0.39 is 0 Å². The van der Waals surface area contributed by atoms with Gasteiger partial charge in [-0.15, -0.1) is 5.10 Å². The van der Waals surface area contributed by atoms with E-state index >= 15 is 0 Å². The van der Waals surface area contributed by atoms with Gasteiger partial charge in [0.15, 0.2) is 0 Å². The molecular weight excluding hydrogens is 370 g/mol. The van der Waals surface area contributed by atoms with E-state index in [2.05, 4.69) is 36.6 Å². The molecule has 0 saturated heterocycles. The normalized spacial score (nSPS) is 13.0. The lowest BCUT2D eigenvalue weighted by atomic mass is 10.1. The molecule has 1 N–H and O–H groups in total. The average molecular weight is 384 g/mol. The SMILES string of the molecule is Cc1cc2cnnn2c(C)c1C(=O)Nc1ccc2c(c1)C(Br)=NC2. The summed E-state index contributed by atoms with van der Waals surface area (Å²) >= 11 is 3.45. The Morgan fingerprint density at radius 1 is 1.29 bits per heavy atom. The third-order valence-corrected chi connectivity index (χ3v) is 4.90. The molecule has 1 aromatic carbocycles. The zero-order chi connectivity index (χ0) is 16.8. The number of anilines is 1. The molecule has 0 radical (unpaired) electrons. The van der Waals surface area contributed by atoms with E-state index in [1.165, 1.54) is 0 Å². The predicted octanol–water partition coefficient (Wildman–Crippen LogP) is 3.25. The summed E-state index contributed by atoms with van der Waals surface area (Å²) in [7, 11) is 0. The first-order valence-electron chi connectivity index (χ1n) is 7.50. The van der Waals surface area contributed by atoms with Crippen LogP contribution in [0.25, 0.3) is 5.52 Å². The second kappa shape index (κ2) is 5.52. The number of aryl methyl sites for hydroxylation is 2. The van der Waals surface area contributed by atoms with E-state index in [4.69, 9.17) is 0 Å². The molecule has 1 amide bonds. The molecule has 0 aliphatic carbocycles. The highest BCUT2D eigenvalue weighted by Crippen LogP contribution is 2.26. The van der Waals surface area contributed by atoms with Gasteiger partial charge in [-0.1, -0.05) is 11.3 Å². The number of hydrogen-bond acceptors (Lipinski definition) is 4. The number of carbonyl (C=O) groups is 1. The summed E-state index contributed by atoms with van der Waals surface area (Å²) in [6, 6.07) is 7.74. The second-order valence-electron chi connectivity index (χ2n) is 5.79. The van der Waals surface area contributed by atoms with E-state index in [0.717, 1.165) is 38.2 Å². The lowest BCUT2D eigenvalue weighted by Gasteiger charge is -2.12. The van der Waals surface area contributed by atoms with Gasteiger partial charge in [0.2, 0.25) is 0 Å². The molecule has 0 bridgehead atoms. The molecule has 1 aliphatic heterocycles. The highest BCUT2D eigenvalue weighted by molar-refractivity contribution is 9.18. The van der Waals surface area contributed by atoms with Gasteiger partial charge in [0.1, 0.15) is 4.62 Å². The van der Waals surface area contributed by atoms with E-state index in [9.17, 15) is 4.79 Å². The average Bonchev–Trinajstić information content (AvgIpc) is 3.15. The van der Waals surface area contributed by atoms with Crippen LogP contribution in [0.2, 0.25) is 0 Å². The van der Waals surface area contributed by atoms with Gasteiger partial charge in [0, 0.05) is 11.3 Å². The topological polar surface area (TPSA) is 71.7 Å². The molecule has 2 aromatic heterocycles. The summed E-state index contributed by atoms with van der Waals surface area (Å²) < 4.78 is 2.50. The first-order chi connectivity index (χ1) is 11.5. The number of rotatable bonds is 2. The molecule has 0 saturated carbocycles. The van der Waals surface area contributed by atoms with E-state index in [0.29, 0.717) is 12.1 Å². The maximum absolute atomic E-state index is 12.8. The summed E-state index contributed by atoms with van der Waals surface area (Å²) in [5, 5.41) is 10.9. The van der Waals surface area contributed by atoms with Crippen LogP contribution in [0.5, 0.6) is 0 Å². The molecule has 120 valence electrons. The molecule has 3 aromatic rings. The fraction of sp³-hybridized carbons (Fsp3) is 0.176. The van der Waals surface area contributed by atoms with Gasteiger partial charge in [0.05, 0.1) is 29.5 Å². The number of halogens is 1. The number of hydrogen-bond donors (Lipinski definition) is 1. The number of aromatic nitrogens is 3. The molecule has 7 heteroatoms. The van der Waals surface area contributed by atoms with Gasteiger partial charge in [-0.25, -0.2) is 4.52 Å². The minimum atomic E-state index is -0.159. The molecule has 0 spiro atoms. The summed E-state index contributed by atoms with van der Waals surface area (Å²) in [6.07, 6.45) is 1.68. The van der Waals surface area contributed by atoms with Crippen LogP contribution in [0.3, 0.4) is 0 Å². The summed E-state index contributed by atoms with van der Waals surface area (Å²) in [6.45, 7) is 4.46. The maximum atomic E-state index is 12.8. The van der Waals surface area contributed by atoms with Gasteiger partial charge in [-0.05, 0) is 59.1 Å². The van der Waals surface area contributed by atoms with Crippen LogP contribution >= 0.6 is 15.9 Å². The highest BCUT2D eigenvalue weighted by atomic mass is 79.9. The van der Waals surface area contributed by atoms with Crippen molar-refractivity contribution in [1.29, 1.82) is 0 Å². The molecule has 3 heterocycles. The van der Waals surface area contributed by atoms with Crippen molar-refractivity contribution in [3.63, 3.8) is 0 Å². The molecule has 0 unspecified atom stereocenters. The first kappa shape index (κ1) is 15.0. The predicted molar refractivity (Wildman–Crippen MR) is 96.0 cm³/mol. The number of pyridine rings is 1.